The van der Waals surface area contributed by atoms with Crippen LogP contribution in [0.5, 0.6) is 0 Å². The first kappa shape index (κ1) is 15.8. The van der Waals surface area contributed by atoms with Crippen LogP contribution in [0.15, 0.2) is 0 Å². The van der Waals surface area contributed by atoms with Gasteiger partial charge in [0.2, 0.25) is 10.0 Å². The zero-order chi connectivity index (χ0) is 13.6. The fourth-order valence-electron chi connectivity index (χ4n) is 2.00. The Bertz CT molecular complexity index is 328. The Morgan fingerprint density at radius 1 is 1.28 bits per heavy atom. The molecule has 0 spiro atoms. The summed E-state index contributed by atoms with van der Waals surface area (Å²) in [7, 11) is -1.49. The van der Waals surface area contributed by atoms with E-state index in [9.17, 15) is 8.42 Å². The Morgan fingerprint density at radius 2 is 1.89 bits per heavy atom. The molecule has 1 aliphatic heterocycles. The van der Waals surface area contributed by atoms with Gasteiger partial charge in [-0.1, -0.05) is 0 Å². The summed E-state index contributed by atoms with van der Waals surface area (Å²) >= 11 is 0. The van der Waals surface area contributed by atoms with Crippen molar-refractivity contribution in [3.8, 4) is 0 Å². The van der Waals surface area contributed by atoms with Gasteiger partial charge >= 0.3 is 0 Å². The molecule has 6 nitrogen and oxygen atoms in total. The number of ether oxygens (including phenoxy) is 1. The highest BCUT2D eigenvalue weighted by Gasteiger charge is 2.23. The number of nitrogens with one attached hydrogen (secondary N) is 2. The Balaban J connectivity index is 2.40. The lowest BCUT2D eigenvalue weighted by molar-refractivity contribution is 0.0354. The number of rotatable bonds is 7. The zero-order valence-electron chi connectivity index (χ0n) is 11.5. The van der Waals surface area contributed by atoms with Gasteiger partial charge in [-0.05, 0) is 20.9 Å². The molecule has 108 valence electrons. The molecule has 2 atom stereocenters. The highest BCUT2D eigenvalue weighted by atomic mass is 32.2. The Hall–Kier alpha value is -0.210. The zero-order valence-corrected chi connectivity index (χ0v) is 12.3. The van der Waals surface area contributed by atoms with Crippen LogP contribution in [0, 0.1) is 0 Å². The summed E-state index contributed by atoms with van der Waals surface area (Å²) in [4.78, 5) is 2.22. The van der Waals surface area contributed by atoms with Crippen molar-refractivity contribution in [2.75, 3.05) is 46.4 Å². The summed E-state index contributed by atoms with van der Waals surface area (Å²) in [5.41, 5.74) is 0. The predicted molar refractivity (Wildman–Crippen MR) is 72.2 cm³/mol. The molecule has 7 heteroatoms. The second-order valence-corrected chi connectivity index (χ2v) is 6.98. The van der Waals surface area contributed by atoms with Crippen molar-refractivity contribution >= 4 is 10.0 Å². The van der Waals surface area contributed by atoms with Crippen molar-refractivity contribution in [3.63, 3.8) is 0 Å². The molecular weight excluding hydrogens is 254 g/mol. The first-order valence-electron chi connectivity index (χ1n) is 6.41. The van der Waals surface area contributed by atoms with Gasteiger partial charge in [-0.3, -0.25) is 4.90 Å². The van der Waals surface area contributed by atoms with Crippen LogP contribution in [-0.2, 0) is 14.8 Å². The summed E-state index contributed by atoms with van der Waals surface area (Å²) in [6, 6.07) is -0.0765. The highest BCUT2D eigenvalue weighted by Crippen LogP contribution is 2.02. The van der Waals surface area contributed by atoms with Gasteiger partial charge in [-0.25, -0.2) is 13.1 Å². The quantitative estimate of drug-likeness (QED) is 0.641. The summed E-state index contributed by atoms with van der Waals surface area (Å²) in [5.74, 6) is 0. The molecule has 1 rings (SSSR count). The van der Waals surface area contributed by atoms with E-state index in [2.05, 4.69) is 14.9 Å². The lowest BCUT2D eigenvalue weighted by Crippen LogP contribution is -2.48. The number of sulfonamides is 1. The van der Waals surface area contributed by atoms with E-state index in [0.717, 1.165) is 32.8 Å². The van der Waals surface area contributed by atoms with Gasteiger partial charge in [0.15, 0.2) is 0 Å². The lowest BCUT2D eigenvalue weighted by Gasteiger charge is -2.29. The average molecular weight is 279 g/mol. The fraction of sp³-hybridized carbons (Fsp3) is 1.00. The van der Waals surface area contributed by atoms with E-state index in [1.54, 1.807) is 14.0 Å². The van der Waals surface area contributed by atoms with Crippen molar-refractivity contribution in [2.24, 2.45) is 0 Å². The van der Waals surface area contributed by atoms with Crippen LogP contribution in [0.1, 0.15) is 13.8 Å². The minimum Gasteiger partial charge on any atom is -0.379 e. The highest BCUT2D eigenvalue weighted by molar-refractivity contribution is 7.90. The number of hydrogen-bond donors (Lipinski definition) is 2. The fourth-order valence-corrected chi connectivity index (χ4v) is 3.26. The van der Waals surface area contributed by atoms with Crippen LogP contribution in [0.2, 0.25) is 0 Å². The van der Waals surface area contributed by atoms with Crippen molar-refractivity contribution in [1.82, 2.24) is 14.9 Å². The summed E-state index contributed by atoms with van der Waals surface area (Å²) in [5, 5.41) is 2.46. The van der Waals surface area contributed by atoms with Gasteiger partial charge < -0.3 is 10.1 Å². The van der Waals surface area contributed by atoms with E-state index in [1.165, 1.54) is 0 Å². The van der Waals surface area contributed by atoms with Crippen LogP contribution in [0.4, 0.5) is 0 Å². The minimum absolute atomic E-state index is 0.0765. The Labute approximate surface area is 110 Å². The predicted octanol–water partition coefficient (Wildman–Crippen LogP) is -0.766. The van der Waals surface area contributed by atoms with E-state index in [0.29, 0.717) is 6.54 Å². The molecule has 0 aromatic heterocycles. The second kappa shape index (κ2) is 7.40. The first-order valence-corrected chi connectivity index (χ1v) is 7.96. The van der Waals surface area contributed by atoms with E-state index in [-0.39, 0.29) is 6.04 Å². The van der Waals surface area contributed by atoms with Crippen molar-refractivity contribution in [3.05, 3.63) is 0 Å². The SMILES string of the molecule is CNCC(C)S(=O)(=O)NC(C)CN1CCOCC1. The van der Waals surface area contributed by atoms with E-state index in [4.69, 9.17) is 4.74 Å². The van der Waals surface area contributed by atoms with Crippen LogP contribution < -0.4 is 10.0 Å². The minimum atomic E-state index is -3.24. The molecule has 1 heterocycles. The van der Waals surface area contributed by atoms with Crippen molar-refractivity contribution in [2.45, 2.75) is 25.1 Å². The molecule has 0 amide bonds. The number of hydrogen-bond acceptors (Lipinski definition) is 5. The van der Waals surface area contributed by atoms with Crippen LogP contribution >= 0.6 is 0 Å². The average Bonchev–Trinajstić information content (AvgIpc) is 2.29. The molecule has 1 saturated heterocycles. The molecule has 1 aliphatic rings. The first-order chi connectivity index (χ1) is 8.45. The molecule has 0 radical (unpaired) electrons. The molecular formula is C11H25N3O3S. The summed E-state index contributed by atoms with van der Waals surface area (Å²) in [6.07, 6.45) is 0. The standard InChI is InChI=1S/C11H25N3O3S/c1-10(9-14-4-6-17-7-5-14)13-18(15,16)11(2)8-12-3/h10-13H,4-9H2,1-3H3. The van der Waals surface area contributed by atoms with Gasteiger partial charge in [-0.15, -0.1) is 0 Å². The third-order valence-corrected chi connectivity index (χ3v) is 4.98. The van der Waals surface area contributed by atoms with Crippen LogP contribution in [-0.4, -0.2) is 71.0 Å². The smallest absolute Gasteiger partial charge is 0.215 e. The second-order valence-electron chi connectivity index (χ2n) is 4.85. The normalized spacial score (nSPS) is 21.7. The molecule has 0 aromatic rings. The Kier molecular flexibility index (Phi) is 6.51. The van der Waals surface area contributed by atoms with Gasteiger partial charge in [0, 0.05) is 32.2 Å². The molecule has 0 aromatic carbocycles. The van der Waals surface area contributed by atoms with Gasteiger partial charge in [-0.2, -0.15) is 0 Å². The molecule has 18 heavy (non-hydrogen) atoms. The number of morpholine rings is 1. The van der Waals surface area contributed by atoms with E-state index < -0.39 is 15.3 Å². The number of nitrogens with zero attached hydrogens (tertiary/aromatic N) is 1. The van der Waals surface area contributed by atoms with Crippen molar-refractivity contribution in [1.29, 1.82) is 0 Å². The summed E-state index contributed by atoms with van der Waals surface area (Å²) < 4.78 is 32.0. The van der Waals surface area contributed by atoms with Gasteiger partial charge in [0.05, 0.1) is 18.5 Å². The molecule has 1 fully saturated rings. The van der Waals surface area contributed by atoms with Gasteiger partial charge in [0.25, 0.3) is 0 Å². The molecule has 0 aliphatic carbocycles. The van der Waals surface area contributed by atoms with Crippen molar-refractivity contribution < 1.29 is 13.2 Å². The molecule has 2 unspecified atom stereocenters. The lowest BCUT2D eigenvalue weighted by atomic mass is 10.3. The Morgan fingerprint density at radius 3 is 2.44 bits per heavy atom. The molecule has 2 N–H and O–H groups in total. The van der Waals surface area contributed by atoms with E-state index in [1.807, 2.05) is 6.92 Å². The third-order valence-electron chi connectivity index (χ3n) is 3.02. The maximum atomic E-state index is 12.0. The van der Waals surface area contributed by atoms with Crippen LogP contribution in [0.25, 0.3) is 0 Å². The largest absolute Gasteiger partial charge is 0.379 e. The molecule has 0 saturated carbocycles. The maximum Gasteiger partial charge on any atom is 0.215 e. The molecule has 0 bridgehead atoms. The maximum absolute atomic E-state index is 12.0. The monoisotopic (exact) mass is 279 g/mol. The van der Waals surface area contributed by atoms with Crippen LogP contribution in [0.3, 0.4) is 0 Å². The summed E-state index contributed by atoms with van der Waals surface area (Å²) in [6.45, 7) is 8.01. The van der Waals surface area contributed by atoms with Gasteiger partial charge in [0.1, 0.15) is 0 Å². The topological polar surface area (TPSA) is 70.7 Å². The van der Waals surface area contributed by atoms with E-state index >= 15 is 0 Å². The third kappa shape index (κ3) is 5.19.